The van der Waals surface area contributed by atoms with Gasteiger partial charge in [-0.3, -0.25) is 14.4 Å². The van der Waals surface area contributed by atoms with Crippen LogP contribution in [0.3, 0.4) is 0 Å². The highest BCUT2D eigenvalue weighted by molar-refractivity contribution is 5.98. The van der Waals surface area contributed by atoms with Gasteiger partial charge in [-0.15, -0.1) is 0 Å². The molecular formula is C19H25NO4. The Bertz CT molecular complexity index is 624. The van der Waals surface area contributed by atoms with Crippen molar-refractivity contribution in [2.75, 3.05) is 20.7 Å². The molecule has 5 nitrogen and oxygen atoms in total. The van der Waals surface area contributed by atoms with Crippen molar-refractivity contribution in [3.8, 4) is 0 Å². The van der Waals surface area contributed by atoms with Crippen molar-refractivity contribution in [2.24, 2.45) is 0 Å². The van der Waals surface area contributed by atoms with Gasteiger partial charge in [0, 0.05) is 38.4 Å². The fourth-order valence-corrected chi connectivity index (χ4v) is 2.99. The largest absolute Gasteiger partial charge is 0.469 e. The first-order chi connectivity index (χ1) is 11.5. The van der Waals surface area contributed by atoms with E-state index in [9.17, 15) is 14.4 Å². The number of fused-ring (bicyclic) bond motifs is 1. The summed E-state index contributed by atoms with van der Waals surface area (Å²) < 4.78 is 4.57. The summed E-state index contributed by atoms with van der Waals surface area (Å²) in [5, 5.41) is 0. The average Bonchev–Trinajstić information content (AvgIpc) is 3.06. The van der Waals surface area contributed by atoms with E-state index in [1.165, 1.54) is 18.2 Å². The second kappa shape index (κ2) is 8.62. The van der Waals surface area contributed by atoms with Crippen molar-refractivity contribution < 1.29 is 19.1 Å². The molecule has 0 saturated heterocycles. The molecule has 0 radical (unpaired) electrons. The lowest BCUT2D eigenvalue weighted by atomic mass is 10.0. The molecule has 1 amide bonds. The number of nitrogens with zero attached hydrogens (tertiary/aromatic N) is 1. The number of hydrogen-bond donors (Lipinski definition) is 0. The maximum atomic E-state index is 12.3. The highest BCUT2D eigenvalue weighted by Gasteiger charge is 2.16. The molecule has 0 saturated carbocycles. The molecule has 0 bridgehead atoms. The normalized spacial score (nSPS) is 12.6. The molecule has 1 aliphatic rings. The summed E-state index contributed by atoms with van der Waals surface area (Å²) in [6, 6.07) is 5.89. The van der Waals surface area contributed by atoms with Crippen molar-refractivity contribution in [3.63, 3.8) is 0 Å². The van der Waals surface area contributed by atoms with Crippen LogP contribution in [0, 0.1) is 0 Å². The molecule has 0 N–H and O–H groups in total. The second-order valence-corrected chi connectivity index (χ2v) is 6.26. The molecule has 1 aromatic rings. The molecule has 0 fully saturated rings. The first-order valence-electron chi connectivity index (χ1n) is 8.47. The van der Waals surface area contributed by atoms with E-state index in [4.69, 9.17) is 0 Å². The molecule has 1 aromatic carbocycles. The molecule has 24 heavy (non-hydrogen) atoms. The number of aryl methyl sites for hydroxylation is 2. The minimum atomic E-state index is -0.275. The maximum absolute atomic E-state index is 12.3. The number of methoxy groups -OCH3 is 1. The Labute approximate surface area is 143 Å². The van der Waals surface area contributed by atoms with E-state index in [0.29, 0.717) is 24.9 Å². The first kappa shape index (κ1) is 18.2. The van der Waals surface area contributed by atoms with Gasteiger partial charge in [-0.2, -0.15) is 0 Å². The number of benzene rings is 1. The van der Waals surface area contributed by atoms with Crippen LogP contribution in [0.15, 0.2) is 18.2 Å². The zero-order chi connectivity index (χ0) is 17.5. The first-order valence-corrected chi connectivity index (χ1v) is 8.47. The lowest BCUT2D eigenvalue weighted by molar-refractivity contribution is -0.141. The lowest BCUT2D eigenvalue weighted by Gasteiger charge is -2.16. The van der Waals surface area contributed by atoms with E-state index in [0.717, 1.165) is 19.3 Å². The molecular weight excluding hydrogens is 306 g/mol. The summed E-state index contributed by atoms with van der Waals surface area (Å²) in [5.74, 6) is -0.335. The van der Waals surface area contributed by atoms with Gasteiger partial charge in [0.15, 0.2) is 5.78 Å². The Kier molecular flexibility index (Phi) is 6.53. The van der Waals surface area contributed by atoms with Gasteiger partial charge in [0.05, 0.1) is 7.11 Å². The van der Waals surface area contributed by atoms with Crippen LogP contribution >= 0.6 is 0 Å². The predicted molar refractivity (Wildman–Crippen MR) is 90.9 cm³/mol. The third kappa shape index (κ3) is 4.91. The third-order valence-corrected chi connectivity index (χ3v) is 4.51. The van der Waals surface area contributed by atoms with Crippen molar-refractivity contribution in [1.82, 2.24) is 4.90 Å². The van der Waals surface area contributed by atoms with Gasteiger partial charge in [-0.1, -0.05) is 12.1 Å². The molecule has 0 aromatic heterocycles. The number of esters is 1. The molecule has 0 aliphatic heterocycles. The van der Waals surface area contributed by atoms with Gasteiger partial charge in [0.25, 0.3) is 0 Å². The second-order valence-electron chi connectivity index (χ2n) is 6.26. The van der Waals surface area contributed by atoms with Crippen LogP contribution in [-0.4, -0.2) is 43.3 Å². The van der Waals surface area contributed by atoms with Gasteiger partial charge in [-0.05, 0) is 42.9 Å². The summed E-state index contributed by atoms with van der Waals surface area (Å²) in [6.45, 7) is 0.487. The van der Waals surface area contributed by atoms with Gasteiger partial charge in [0.1, 0.15) is 0 Å². The summed E-state index contributed by atoms with van der Waals surface area (Å²) in [4.78, 5) is 37.0. The van der Waals surface area contributed by atoms with E-state index in [2.05, 4.69) is 4.74 Å². The number of carbonyl (C=O) groups is 3. The average molecular weight is 331 g/mol. The highest BCUT2D eigenvalue weighted by atomic mass is 16.5. The number of rotatable bonds is 8. The van der Waals surface area contributed by atoms with E-state index in [1.807, 2.05) is 18.2 Å². The van der Waals surface area contributed by atoms with Gasteiger partial charge in [-0.25, -0.2) is 0 Å². The lowest BCUT2D eigenvalue weighted by Crippen LogP contribution is -2.28. The van der Waals surface area contributed by atoms with Crippen LogP contribution in [0.4, 0.5) is 0 Å². The fourth-order valence-electron chi connectivity index (χ4n) is 2.99. The van der Waals surface area contributed by atoms with Crippen LogP contribution < -0.4 is 0 Å². The summed E-state index contributed by atoms with van der Waals surface area (Å²) in [5.41, 5.74) is 3.32. The monoisotopic (exact) mass is 331 g/mol. The van der Waals surface area contributed by atoms with Gasteiger partial charge >= 0.3 is 5.97 Å². The number of amides is 1. The molecule has 5 heteroatoms. The quantitative estimate of drug-likeness (QED) is 0.542. The molecule has 0 heterocycles. The minimum Gasteiger partial charge on any atom is -0.469 e. The SMILES string of the molecule is COC(=O)CCCN(C)C(=O)CCC(=O)c1ccc2c(c1)CCC2. The Hall–Kier alpha value is -2.17. The van der Waals surface area contributed by atoms with E-state index < -0.39 is 0 Å². The number of carbonyl (C=O) groups excluding carboxylic acids is 3. The number of ether oxygens (including phenoxy) is 1. The molecule has 1 aliphatic carbocycles. The van der Waals surface area contributed by atoms with Crippen LogP contribution in [0.5, 0.6) is 0 Å². The van der Waals surface area contributed by atoms with Crippen LogP contribution in [0.1, 0.15) is 53.6 Å². The standard InChI is InChI=1S/C19H25NO4/c1-20(12-4-7-19(23)24-2)18(22)11-10-17(21)16-9-8-14-5-3-6-15(14)13-16/h8-9,13H,3-7,10-12H2,1-2H3. The van der Waals surface area contributed by atoms with Gasteiger partial charge in [0.2, 0.25) is 5.91 Å². The molecule has 0 atom stereocenters. The summed E-state index contributed by atoms with van der Waals surface area (Å²) in [6.07, 6.45) is 4.57. The van der Waals surface area contributed by atoms with Crippen LogP contribution in [0.2, 0.25) is 0 Å². The van der Waals surface area contributed by atoms with Crippen LogP contribution in [-0.2, 0) is 27.2 Å². The Morgan fingerprint density at radius 3 is 2.58 bits per heavy atom. The zero-order valence-corrected chi connectivity index (χ0v) is 14.5. The fraction of sp³-hybridized carbons (Fsp3) is 0.526. The van der Waals surface area contributed by atoms with Crippen molar-refractivity contribution in [3.05, 3.63) is 34.9 Å². The molecule has 130 valence electrons. The number of ketones is 1. The smallest absolute Gasteiger partial charge is 0.305 e. The number of Topliss-reactive ketones (excluding diaryl/α,β-unsaturated/α-hetero) is 1. The van der Waals surface area contributed by atoms with Crippen molar-refractivity contribution in [1.29, 1.82) is 0 Å². The van der Waals surface area contributed by atoms with E-state index >= 15 is 0 Å². The predicted octanol–water partition coefficient (Wildman–Crippen LogP) is 2.55. The zero-order valence-electron chi connectivity index (χ0n) is 14.5. The molecule has 0 spiro atoms. The maximum Gasteiger partial charge on any atom is 0.305 e. The topological polar surface area (TPSA) is 63.7 Å². The number of hydrogen-bond acceptors (Lipinski definition) is 4. The summed E-state index contributed by atoms with van der Waals surface area (Å²) >= 11 is 0. The summed E-state index contributed by atoms with van der Waals surface area (Å²) in [7, 11) is 3.04. The minimum absolute atomic E-state index is 0.0148. The highest BCUT2D eigenvalue weighted by Crippen LogP contribution is 2.23. The Morgan fingerprint density at radius 1 is 1.08 bits per heavy atom. The van der Waals surface area contributed by atoms with E-state index in [1.54, 1.807) is 11.9 Å². The Balaban J connectivity index is 1.76. The third-order valence-electron chi connectivity index (χ3n) is 4.51. The van der Waals surface area contributed by atoms with Crippen molar-refractivity contribution in [2.45, 2.75) is 44.9 Å². The van der Waals surface area contributed by atoms with Crippen molar-refractivity contribution >= 4 is 17.7 Å². The van der Waals surface area contributed by atoms with E-state index in [-0.39, 0.29) is 30.5 Å². The molecule has 0 unspecified atom stereocenters. The Morgan fingerprint density at radius 2 is 1.83 bits per heavy atom. The molecule has 2 rings (SSSR count). The van der Waals surface area contributed by atoms with Crippen LogP contribution in [0.25, 0.3) is 0 Å². The van der Waals surface area contributed by atoms with Gasteiger partial charge < -0.3 is 9.64 Å².